The molecule has 1 aromatic heterocycles. The minimum Gasteiger partial charge on any atom is -0.507 e. The van der Waals surface area contributed by atoms with E-state index < -0.39 is 0 Å². The molecule has 1 aromatic carbocycles. The Morgan fingerprint density at radius 1 is 1.33 bits per heavy atom. The molecule has 6 nitrogen and oxygen atoms in total. The number of rotatable bonds is 1. The number of anilines is 1. The molecule has 2 rings (SSSR count). The first-order valence-corrected chi connectivity index (χ1v) is 4.83. The second kappa shape index (κ2) is 3.43. The first kappa shape index (κ1) is 9.78. The molecule has 2 aromatic rings. The highest BCUT2D eigenvalue weighted by atomic mass is 79.9. The largest absolute Gasteiger partial charge is 0.507 e. The number of nitrogen functional groups attached to an aromatic ring is 2. The van der Waals surface area contributed by atoms with E-state index in [2.05, 4.69) is 26.1 Å². The number of aromatic hydroxyl groups is 1. The van der Waals surface area contributed by atoms with Gasteiger partial charge in [-0.1, -0.05) is 15.9 Å². The maximum atomic E-state index is 9.67. The predicted octanol–water partition coefficient (Wildman–Crippen LogP) is 0.709. The molecule has 0 spiro atoms. The Morgan fingerprint density at radius 3 is 2.60 bits per heavy atom. The van der Waals surface area contributed by atoms with Crippen LogP contribution in [0.2, 0.25) is 0 Å². The third-order valence-corrected chi connectivity index (χ3v) is 2.42. The van der Waals surface area contributed by atoms with E-state index in [0.717, 1.165) is 9.15 Å². The lowest BCUT2D eigenvalue weighted by molar-refractivity contribution is 0.476. The molecule has 0 amide bonds. The van der Waals surface area contributed by atoms with Crippen molar-refractivity contribution in [3.05, 3.63) is 22.7 Å². The molecule has 0 aliphatic carbocycles. The highest BCUT2D eigenvalue weighted by Crippen LogP contribution is 2.30. The Bertz CT molecular complexity index is 510. The molecule has 0 fully saturated rings. The molecule has 78 valence electrons. The van der Waals surface area contributed by atoms with Crippen LogP contribution in [-0.4, -0.2) is 20.0 Å². The molecular weight excluding hydrogens is 262 g/mol. The van der Waals surface area contributed by atoms with Gasteiger partial charge < -0.3 is 16.7 Å². The molecule has 0 bridgehead atoms. The second-order valence-corrected chi connectivity index (χ2v) is 3.83. The van der Waals surface area contributed by atoms with Crippen molar-refractivity contribution >= 4 is 21.9 Å². The van der Waals surface area contributed by atoms with Gasteiger partial charge in [-0.15, -0.1) is 10.2 Å². The van der Waals surface area contributed by atoms with Crippen molar-refractivity contribution in [2.24, 2.45) is 0 Å². The molecule has 0 unspecified atom stereocenters. The normalized spacial score (nSPS) is 10.5. The van der Waals surface area contributed by atoms with Crippen LogP contribution in [0.5, 0.6) is 5.75 Å². The zero-order valence-electron chi connectivity index (χ0n) is 7.55. The van der Waals surface area contributed by atoms with Crippen molar-refractivity contribution in [1.29, 1.82) is 0 Å². The van der Waals surface area contributed by atoms with Gasteiger partial charge in [0.15, 0.2) is 5.82 Å². The molecule has 15 heavy (non-hydrogen) atoms. The second-order valence-electron chi connectivity index (χ2n) is 2.91. The van der Waals surface area contributed by atoms with Crippen LogP contribution in [0.4, 0.5) is 5.95 Å². The van der Waals surface area contributed by atoms with Crippen molar-refractivity contribution in [1.82, 2.24) is 14.9 Å². The van der Waals surface area contributed by atoms with Gasteiger partial charge in [0.25, 0.3) is 0 Å². The predicted molar refractivity (Wildman–Crippen MR) is 59.4 cm³/mol. The van der Waals surface area contributed by atoms with Crippen molar-refractivity contribution in [3.8, 4) is 17.1 Å². The minimum absolute atomic E-state index is 0.0588. The maximum Gasteiger partial charge on any atom is 0.241 e. The Hall–Kier alpha value is -1.76. The molecule has 0 aliphatic rings. The quantitative estimate of drug-likeness (QED) is 0.662. The van der Waals surface area contributed by atoms with E-state index in [4.69, 9.17) is 11.6 Å². The van der Waals surface area contributed by atoms with Crippen molar-refractivity contribution < 1.29 is 5.11 Å². The fourth-order valence-corrected chi connectivity index (χ4v) is 1.53. The van der Waals surface area contributed by atoms with Gasteiger partial charge in [-0.25, -0.2) is 4.68 Å². The molecule has 5 N–H and O–H groups in total. The lowest BCUT2D eigenvalue weighted by atomic mass is 10.2. The van der Waals surface area contributed by atoms with E-state index in [1.54, 1.807) is 18.2 Å². The smallest absolute Gasteiger partial charge is 0.241 e. The average molecular weight is 270 g/mol. The molecule has 1 heterocycles. The molecule has 0 saturated heterocycles. The standard InChI is InChI=1S/C8H8BrN5O/c9-4-1-2-5(6(15)3-4)7-12-13-8(10)14(7)11/h1-3,15H,11H2,(H2,10,13). The van der Waals surface area contributed by atoms with Crippen LogP contribution in [-0.2, 0) is 0 Å². The van der Waals surface area contributed by atoms with E-state index in [1.165, 1.54) is 0 Å². The Balaban J connectivity index is 2.59. The van der Waals surface area contributed by atoms with Crippen LogP contribution < -0.4 is 11.6 Å². The van der Waals surface area contributed by atoms with Gasteiger partial charge in [0.05, 0.1) is 5.56 Å². The van der Waals surface area contributed by atoms with E-state index in [9.17, 15) is 5.11 Å². The Morgan fingerprint density at radius 2 is 2.07 bits per heavy atom. The molecule has 0 atom stereocenters. The van der Waals surface area contributed by atoms with Crippen LogP contribution in [0.3, 0.4) is 0 Å². The number of aromatic nitrogens is 3. The maximum absolute atomic E-state index is 9.67. The molecule has 7 heteroatoms. The first-order chi connectivity index (χ1) is 7.09. The third-order valence-electron chi connectivity index (χ3n) is 1.92. The van der Waals surface area contributed by atoms with Gasteiger partial charge in [0, 0.05) is 4.47 Å². The SMILES string of the molecule is Nc1nnc(-c2ccc(Br)cc2O)n1N. The van der Waals surface area contributed by atoms with Gasteiger partial charge in [-0.05, 0) is 18.2 Å². The topological polar surface area (TPSA) is 103 Å². The molecule has 0 saturated carbocycles. The van der Waals surface area contributed by atoms with Gasteiger partial charge in [-0.2, -0.15) is 0 Å². The molecular formula is C8H8BrN5O. The van der Waals surface area contributed by atoms with Crippen LogP contribution >= 0.6 is 15.9 Å². The van der Waals surface area contributed by atoms with Crippen LogP contribution in [0.15, 0.2) is 22.7 Å². The van der Waals surface area contributed by atoms with Gasteiger partial charge in [0.2, 0.25) is 5.95 Å². The lowest BCUT2D eigenvalue weighted by Gasteiger charge is -2.04. The summed E-state index contributed by atoms with van der Waals surface area (Å²) in [5, 5.41) is 17.0. The van der Waals surface area contributed by atoms with Crippen molar-refractivity contribution in [2.75, 3.05) is 11.6 Å². The first-order valence-electron chi connectivity index (χ1n) is 4.04. The fraction of sp³-hybridized carbons (Fsp3) is 0. The minimum atomic E-state index is 0.0588. The van der Waals surface area contributed by atoms with Crippen molar-refractivity contribution in [2.45, 2.75) is 0 Å². The number of hydrogen-bond acceptors (Lipinski definition) is 5. The lowest BCUT2D eigenvalue weighted by Crippen LogP contribution is -2.13. The van der Waals surface area contributed by atoms with E-state index in [1.807, 2.05) is 0 Å². The van der Waals surface area contributed by atoms with Gasteiger partial charge >= 0.3 is 0 Å². The van der Waals surface area contributed by atoms with Gasteiger partial charge in [0.1, 0.15) is 5.75 Å². The summed E-state index contributed by atoms with van der Waals surface area (Å²) in [6.07, 6.45) is 0. The van der Waals surface area contributed by atoms with Crippen LogP contribution in [0.1, 0.15) is 0 Å². The molecule has 0 radical (unpaired) electrons. The van der Waals surface area contributed by atoms with E-state index in [-0.39, 0.29) is 11.7 Å². The summed E-state index contributed by atoms with van der Waals surface area (Å²) in [6.45, 7) is 0. The number of halogens is 1. The summed E-state index contributed by atoms with van der Waals surface area (Å²) in [5.41, 5.74) is 5.91. The summed E-state index contributed by atoms with van der Waals surface area (Å²) >= 11 is 3.23. The summed E-state index contributed by atoms with van der Waals surface area (Å²) < 4.78 is 1.88. The van der Waals surface area contributed by atoms with Crippen LogP contribution in [0, 0.1) is 0 Å². The zero-order chi connectivity index (χ0) is 11.0. The summed E-state index contributed by atoms with van der Waals surface area (Å²) in [4.78, 5) is 0. The highest BCUT2D eigenvalue weighted by Gasteiger charge is 2.13. The van der Waals surface area contributed by atoms with Crippen molar-refractivity contribution in [3.63, 3.8) is 0 Å². The number of hydrogen-bond donors (Lipinski definition) is 3. The van der Waals surface area contributed by atoms with Crippen LogP contribution in [0.25, 0.3) is 11.4 Å². The number of nitrogens with two attached hydrogens (primary N) is 2. The molecule has 0 aliphatic heterocycles. The Kier molecular flexibility index (Phi) is 2.24. The number of phenols is 1. The number of benzene rings is 1. The highest BCUT2D eigenvalue weighted by molar-refractivity contribution is 9.10. The van der Waals surface area contributed by atoms with E-state index >= 15 is 0 Å². The monoisotopic (exact) mass is 269 g/mol. The average Bonchev–Trinajstić information content (AvgIpc) is 2.49. The Labute approximate surface area is 93.6 Å². The summed E-state index contributed by atoms with van der Waals surface area (Å²) in [6, 6.07) is 4.98. The van der Waals surface area contributed by atoms with Gasteiger partial charge in [-0.3, -0.25) is 0 Å². The number of phenolic OH excluding ortho intramolecular Hbond substituents is 1. The number of nitrogens with zero attached hydrogens (tertiary/aromatic N) is 3. The fourth-order valence-electron chi connectivity index (χ4n) is 1.18. The zero-order valence-corrected chi connectivity index (χ0v) is 9.14. The van der Waals surface area contributed by atoms with E-state index in [0.29, 0.717) is 11.4 Å². The third kappa shape index (κ3) is 1.61. The summed E-state index contributed by atoms with van der Waals surface area (Å²) in [5.74, 6) is 6.05. The summed E-state index contributed by atoms with van der Waals surface area (Å²) in [7, 11) is 0.